The molecular formula is C16H30O10. The standard InChI is InChI=1S/C16H30O10/c1-2-3-24-16-15(23)14(22)12(20)9(26-16)6-25-8-4-7(5-17)10(18)13(21)11(8)19/h7-23H,2-6H2,1H3/t7-,8+,9-,10-,11-,12-,13+,14+,15+,16+/m1/s1. The lowest BCUT2D eigenvalue weighted by Crippen LogP contribution is -2.60. The molecule has 0 bridgehead atoms. The molecule has 1 saturated carbocycles. The first-order valence-electron chi connectivity index (χ1n) is 8.89. The zero-order valence-electron chi connectivity index (χ0n) is 14.7. The van der Waals surface area contributed by atoms with Gasteiger partial charge in [-0.2, -0.15) is 0 Å². The maximum absolute atomic E-state index is 10.1. The van der Waals surface area contributed by atoms with Gasteiger partial charge in [0, 0.05) is 19.1 Å². The van der Waals surface area contributed by atoms with Gasteiger partial charge in [-0.3, -0.25) is 0 Å². The van der Waals surface area contributed by atoms with Gasteiger partial charge in [0.15, 0.2) is 6.29 Å². The van der Waals surface area contributed by atoms with Crippen molar-refractivity contribution in [2.45, 2.75) is 74.9 Å². The van der Waals surface area contributed by atoms with E-state index in [0.717, 1.165) is 0 Å². The lowest BCUT2D eigenvalue weighted by atomic mass is 9.81. The molecule has 0 aromatic rings. The summed E-state index contributed by atoms with van der Waals surface area (Å²) in [5.41, 5.74) is 0. The van der Waals surface area contributed by atoms with Crippen molar-refractivity contribution in [2.24, 2.45) is 5.92 Å². The van der Waals surface area contributed by atoms with Crippen molar-refractivity contribution < 1.29 is 50.0 Å². The molecule has 0 unspecified atom stereocenters. The van der Waals surface area contributed by atoms with Crippen LogP contribution in [0.3, 0.4) is 0 Å². The van der Waals surface area contributed by atoms with Gasteiger partial charge in [-0.1, -0.05) is 6.92 Å². The second-order valence-electron chi connectivity index (χ2n) is 6.91. The van der Waals surface area contributed by atoms with Crippen LogP contribution in [0.5, 0.6) is 0 Å². The predicted molar refractivity (Wildman–Crippen MR) is 85.9 cm³/mol. The minimum atomic E-state index is -1.49. The molecule has 2 fully saturated rings. The van der Waals surface area contributed by atoms with Crippen molar-refractivity contribution in [2.75, 3.05) is 19.8 Å². The Morgan fingerprint density at radius 2 is 1.50 bits per heavy atom. The van der Waals surface area contributed by atoms with Crippen molar-refractivity contribution in [3.05, 3.63) is 0 Å². The Morgan fingerprint density at radius 3 is 2.12 bits per heavy atom. The highest BCUT2D eigenvalue weighted by molar-refractivity contribution is 4.94. The van der Waals surface area contributed by atoms with Crippen LogP contribution < -0.4 is 0 Å². The fourth-order valence-corrected chi connectivity index (χ4v) is 3.27. The number of aliphatic hydroxyl groups is 7. The molecule has 1 aliphatic carbocycles. The van der Waals surface area contributed by atoms with Crippen LogP contribution in [0.1, 0.15) is 19.8 Å². The number of hydrogen-bond acceptors (Lipinski definition) is 10. The lowest BCUT2D eigenvalue weighted by molar-refractivity contribution is -0.306. The van der Waals surface area contributed by atoms with Crippen LogP contribution in [0.15, 0.2) is 0 Å². The first-order valence-corrected chi connectivity index (χ1v) is 8.89. The third-order valence-corrected chi connectivity index (χ3v) is 4.96. The third kappa shape index (κ3) is 4.71. The molecule has 1 heterocycles. The van der Waals surface area contributed by atoms with Gasteiger partial charge in [0.05, 0.1) is 18.8 Å². The van der Waals surface area contributed by atoms with Gasteiger partial charge in [-0.05, 0) is 12.8 Å². The molecule has 2 aliphatic rings. The van der Waals surface area contributed by atoms with E-state index in [1.807, 2.05) is 6.92 Å². The van der Waals surface area contributed by atoms with Crippen LogP contribution in [0.2, 0.25) is 0 Å². The topological polar surface area (TPSA) is 169 Å². The Kier molecular flexibility index (Phi) is 8.16. The molecule has 0 radical (unpaired) electrons. The Hall–Kier alpha value is -0.400. The molecule has 10 heteroatoms. The van der Waals surface area contributed by atoms with E-state index in [4.69, 9.17) is 14.2 Å². The highest BCUT2D eigenvalue weighted by atomic mass is 16.7. The summed E-state index contributed by atoms with van der Waals surface area (Å²) in [6, 6.07) is 0. The SMILES string of the molecule is CCCO[C@H]1O[C@H](CO[C@H]2C[C@H](CO)[C@@H](O)[C@H](O)[C@@H]2O)[C@@H](O)[C@H](O)[C@@H]1O. The van der Waals surface area contributed by atoms with E-state index >= 15 is 0 Å². The van der Waals surface area contributed by atoms with Crippen molar-refractivity contribution in [3.8, 4) is 0 Å². The zero-order valence-corrected chi connectivity index (χ0v) is 14.7. The predicted octanol–water partition coefficient (Wildman–Crippen LogP) is -3.30. The Bertz CT molecular complexity index is 422. The Balaban J connectivity index is 1.96. The van der Waals surface area contributed by atoms with Crippen molar-refractivity contribution in [1.29, 1.82) is 0 Å². The second kappa shape index (κ2) is 9.69. The van der Waals surface area contributed by atoms with E-state index in [1.165, 1.54) is 0 Å². The molecule has 0 spiro atoms. The molecule has 0 aromatic heterocycles. The van der Waals surface area contributed by atoms with Crippen molar-refractivity contribution in [1.82, 2.24) is 0 Å². The highest BCUT2D eigenvalue weighted by Crippen LogP contribution is 2.29. The molecule has 10 atom stereocenters. The summed E-state index contributed by atoms with van der Waals surface area (Å²) in [6.07, 6.45) is -10.8. The van der Waals surface area contributed by atoms with E-state index in [2.05, 4.69) is 0 Å². The molecule has 1 saturated heterocycles. The number of ether oxygens (including phenoxy) is 3. The minimum Gasteiger partial charge on any atom is -0.396 e. The lowest BCUT2D eigenvalue weighted by Gasteiger charge is -2.42. The number of aliphatic hydroxyl groups excluding tert-OH is 7. The maximum atomic E-state index is 10.1. The second-order valence-corrected chi connectivity index (χ2v) is 6.91. The van der Waals surface area contributed by atoms with Crippen LogP contribution in [-0.2, 0) is 14.2 Å². The fourth-order valence-electron chi connectivity index (χ4n) is 3.27. The van der Waals surface area contributed by atoms with Gasteiger partial charge >= 0.3 is 0 Å². The molecule has 10 nitrogen and oxygen atoms in total. The normalized spacial score (nSPS) is 47.1. The smallest absolute Gasteiger partial charge is 0.186 e. The number of rotatable bonds is 7. The zero-order chi connectivity index (χ0) is 19.4. The van der Waals surface area contributed by atoms with Gasteiger partial charge < -0.3 is 50.0 Å². The average molecular weight is 382 g/mol. The molecule has 2 rings (SSSR count). The van der Waals surface area contributed by atoms with Gasteiger partial charge in [-0.25, -0.2) is 0 Å². The Labute approximate surface area is 151 Å². The van der Waals surface area contributed by atoms with E-state index < -0.39 is 61.0 Å². The summed E-state index contributed by atoms with van der Waals surface area (Å²) in [6.45, 7) is 1.52. The van der Waals surface area contributed by atoms with Gasteiger partial charge in [0.2, 0.25) is 0 Å². The first kappa shape index (κ1) is 21.9. The average Bonchev–Trinajstić information content (AvgIpc) is 2.64. The maximum Gasteiger partial charge on any atom is 0.186 e. The van der Waals surface area contributed by atoms with E-state index in [1.54, 1.807) is 0 Å². The Morgan fingerprint density at radius 1 is 0.846 bits per heavy atom. The van der Waals surface area contributed by atoms with E-state index in [9.17, 15) is 35.7 Å². The molecule has 26 heavy (non-hydrogen) atoms. The summed E-state index contributed by atoms with van der Waals surface area (Å²) in [5.74, 6) is -0.663. The van der Waals surface area contributed by atoms with Crippen LogP contribution >= 0.6 is 0 Å². The third-order valence-electron chi connectivity index (χ3n) is 4.96. The van der Waals surface area contributed by atoms with E-state index in [0.29, 0.717) is 13.0 Å². The van der Waals surface area contributed by atoms with Crippen LogP contribution in [0.25, 0.3) is 0 Å². The van der Waals surface area contributed by atoms with Crippen molar-refractivity contribution in [3.63, 3.8) is 0 Å². The quantitative estimate of drug-likeness (QED) is 0.237. The van der Waals surface area contributed by atoms with Crippen LogP contribution in [0, 0.1) is 5.92 Å². The minimum absolute atomic E-state index is 0.0969. The molecule has 0 aromatic carbocycles. The van der Waals surface area contributed by atoms with Crippen LogP contribution in [0.4, 0.5) is 0 Å². The van der Waals surface area contributed by atoms with Gasteiger partial charge in [0.25, 0.3) is 0 Å². The molecular weight excluding hydrogens is 352 g/mol. The molecule has 7 N–H and O–H groups in total. The van der Waals surface area contributed by atoms with Crippen LogP contribution in [-0.4, -0.2) is 111 Å². The summed E-state index contributed by atoms with van der Waals surface area (Å²) in [5, 5.41) is 68.9. The summed E-state index contributed by atoms with van der Waals surface area (Å²) >= 11 is 0. The fraction of sp³-hybridized carbons (Fsp3) is 1.00. The monoisotopic (exact) mass is 382 g/mol. The summed E-state index contributed by atoms with van der Waals surface area (Å²) in [4.78, 5) is 0. The molecule has 0 amide bonds. The molecule has 1 aliphatic heterocycles. The number of hydrogen-bond donors (Lipinski definition) is 7. The van der Waals surface area contributed by atoms with E-state index in [-0.39, 0.29) is 19.6 Å². The molecule has 154 valence electrons. The largest absolute Gasteiger partial charge is 0.396 e. The summed E-state index contributed by atoms with van der Waals surface area (Å²) < 4.78 is 16.3. The van der Waals surface area contributed by atoms with Crippen molar-refractivity contribution >= 4 is 0 Å². The highest BCUT2D eigenvalue weighted by Gasteiger charge is 2.46. The first-order chi connectivity index (χ1) is 12.3. The van der Waals surface area contributed by atoms with Gasteiger partial charge in [-0.15, -0.1) is 0 Å². The summed E-state index contributed by atoms with van der Waals surface area (Å²) in [7, 11) is 0. The van der Waals surface area contributed by atoms with Gasteiger partial charge in [0.1, 0.15) is 36.6 Å².